The number of nitrogens with two attached hydrogens (primary N) is 1. The number of allylic oxidation sites excluding steroid dienone is 2. The molecule has 8 nitrogen and oxygen atoms in total. The molecule has 1 aliphatic heterocycles. The monoisotopic (exact) mass is 371 g/mol. The lowest BCUT2D eigenvalue weighted by molar-refractivity contribution is -0.145. The van der Waals surface area contributed by atoms with E-state index >= 15 is 0 Å². The number of amidine groups is 1. The minimum atomic E-state index is -0.672. The summed E-state index contributed by atoms with van der Waals surface area (Å²) in [6.45, 7) is -0.0158. The molecule has 0 spiro atoms. The Labute approximate surface area is 156 Å². The van der Waals surface area contributed by atoms with Crippen molar-refractivity contribution in [2.45, 2.75) is 19.3 Å². The van der Waals surface area contributed by atoms with Crippen LogP contribution in [0.15, 0.2) is 41.6 Å². The molecule has 27 heavy (non-hydrogen) atoms. The zero-order valence-corrected chi connectivity index (χ0v) is 15.0. The van der Waals surface area contributed by atoms with Gasteiger partial charge in [-0.25, -0.2) is 4.79 Å². The molecular weight excluding hydrogens is 350 g/mol. The number of benzene rings is 1. The number of oxime groups is 1. The summed E-state index contributed by atoms with van der Waals surface area (Å²) in [4.78, 5) is 42.5. The normalized spacial score (nSPS) is 22.0. The summed E-state index contributed by atoms with van der Waals surface area (Å²) in [5, 5.41) is 3.62. The van der Waals surface area contributed by atoms with Gasteiger partial charge in [0.05, 0.1) is 25.4 Å². The number of hydrogen-bond donors (Lipinski definition) is 1. The van der Waals surface area contributed by atoms with E-state index in [2.05, 4.69) is 5.16 Å². The highest BCUT2D eigenvalue weighted by molar-refractivity contribution is 6.05. The molecule has 0 aromatic heterocycles. The molecule has 0 unspecified atom stereocenters. The summed E-state index contributed by atoms with van der Waals surface area (Å²) in [6, 6.07) is 6.84. The van der Waals surface area contributed by atoms with Gasteiger partial charge in [-0.1, -0.05) is 29.4 Å². The maximum atomic E-state index is 12.3. The van der Waals surface area contributed by atoms with E-state index in [0.717, 1.165) is 4.90 Å². The molecule has 1 aliphatic carbocycles. The van der Waals surface area contributed by atoms with Crippen LogP contribution in [0.1, 0.15) is 24.8 Å². The number of carbonyl (C=O) groups is 3. The number of ether oxygens (including phenoxy) is 1. The van der Waals surface area contributed by atoms with E-state index in [4.69, 9.17) is 15.3 Å². The third kappa shape index (κ3) is 3.99. The number of carbonyl (C=O) groups excluding carboxylic acids is 3. The molecule has 1 saturated heterocycles. The highest BCUT2D eigenvalue weighted by Gasteiger charge is 2.46. The number of imide groups is 1. The number of fused-ring (bicyclic) bond motifs is 1. The first kappa shape index (κ1) is 18.6. The van der Waals surface area contributed by atoms with Crippen LogP contribution < -0.4 is 10.5 Å². The van der Waals surface area contributed by atoms with E-state index in [-0.39, 0.29) is 42.5 Å². The molecule has 0 bridgehead atoms. The molecule has 1 aromatic rings. The van der Waals surface area contributed by atoms with Gasteiger partial charge in [0.2, 0.25) is 11.8 Å². The van der Waals surface area contributed by atoms with Crippen molar-refractivity contribution in [3.05, 3.63) is 42.0 Å². The lowest BCUT2D eigenvalue weighted by atomic mass is 9.85. The minimum absolute atomic E-state index is 0.0158. The van der Waals surface area contributed by atoms with Gasteiger partial charge < -0.3 is 15.3 Å². The Balaban J connectivity index is 1.54. The Morgan fingerprint density at radius 2 is 1.89 bits per heavy atom. The van der Waals surface area contributed by atoms with E-state index in [1.54, 1.807) is 24.3 Å². The van der Waals surface area contributed by atoms with Crippen molar-refractivity contribution < 1.29 is 24.0 Å². The third-order valence-corrected chi connectivity index (χ3v) is 4.75. The first-order valence-electron chi connectivity index (χ1n) is 8.69. The molecule has 2 amide bonds. The van der Waals surface area contributed by atoms with E-state index in [1.165, 1.54) is 7.11 Å². The lowest BCUT2D eigenvalue weighted by Crippen LogP contribution is -2.33. The SMILES string of the molecule is COc1cccc(/C(N)=N\OC(=O)CCN2C(=O)[C@H]3CC=CC[C@H]3C2=O)c1. The van der Waals surface area contributed by atoms with Crippen molar-refractivity contribution >= 4 is 23.6 Å². The maximum Gasteiger partial charge on any atom is 0.336 e. The second kappa shape index (κ2) is 8.03. The molecule has 2 aliphatic rings. The van der Waals surface area contributed by atoms with Crippen LogP contribution in [0.2, 0.25) is 0 Å². The van der Waals surface area contributed by atoms with Gasteiger partial charge in [-0.3, -0.25) is 14.5 Å². The van der Waals surface area contributed by atoms with Crippen LogP contribution in [0.5, 0.6) is 5.75 Å². The van der Waals surface area contributed by atoms with E-state index in [9.17, 15) is 14.4 Å². The maximum absolute atomic E-state index is 12.3. The molecule has 3 rings (SSSR count). The number of amides is 2. The van der Waals surface area contributed by atoms with Gasteiger partial charge in [0.1, 0.15) is 5.75 Å². The molecule has 0 radical (unpaired) electrons. The second-order valence-corrected chi connectivity index (χ2v) is 6.41. The third-order valence-electron chi connectivity index (χ3n) is 4.75. The Bertz CT molecular complexity index is 791. The number of methoxy groups -OCH3 is 1. The molecule has 0 saturated carbocycles. The van der Waals surface area contributed by atoms with Crippen molar-refractivity contribution in [3.8, 4) is 5.75 Å². The van der Waals surface area contributed by atoms with Crippen LogP contribution in [0.4, 0.5) is 0 Å². The van der Waals surface area contributed by atoms with Gasteiger partial charge in [0.15, 0.2) is 5.84 Å². The minimum Gasteiger partial charge on any atom is -0.497 e. The Morgan fingerprint density at radius 1 is 1.22 bits per heavy atom. The van der Waals surface area contributed by atoms with E-state index in [1.807, 2.05) is 12.2 Å². The van der Waals surface area contributed by atoms with Crippen LogP contribution in [0, 0.1) is 11.8 Å². The highest BCUT2D eigenvalue weighted by Crippen LogP contribution is 2.34. The van der Waals surface area contributed by atoms with Gasteiger partial charge in [0, 0.05) is 12.1 Å². The van der Waals surface area contributed by atoms with Crippen molar-refractivity contribution in [1.82, 2.24) is 4.90 Å². The van der Waals surface area contributed by atoms with Gasteiger partial charge in [-0.05, 0) is 25.0 Å². The second-order valence-electron chi connectivity index (χ2n) is 6.41. The molecule has 1 heterocycles. The van der Waals surface area contributed by atoms with Crippen molar-refractivity contribution in [2.24, 2.45) is 22.7 Å². The summed E-state index contributed by atoms with van der Waals surface area (Å²) in [6.07, 6.45) is 4.83. The zero-order valence-electron chi connectivity index (χ0n) is 15.0. The van der Waals surface area contributed by atoms with Crippen LogP contribution in [-0.4, -0.2) is 42.2 Å². The molecule has 142 valence electrons. The highest BCUT2D eigenvalue weighted by atomic mass is 16.7. The first-order valence-corrected chi connectivity index (χ1v) is 8.69. The van der Waals surface area contributed by atoms with Gasteiger partial charge >= 0.3 is 5.97 Å². The molecule has 8 heteroatoms. The predicted octanol–water partition coefficient (Wildman–Crippen LogP) is 1.20. The number of nitrogens with zero attached hydrogens (tertiary/aromatic N) is 2. The summed E-state index contributed by atoms with van der Waals surface area (Å²) < 4.78 is 5.09. The van der Waals surface area contributed by atoms with Crippen LogP contribution in [0.25, 0.3) is 0 Å². The van der Waals surface area contributed by atoms with Crippen molar-refractivity contribution in [1.29, 1.82) is 0 Å². The molecule has 2 atom stereocenters. The molecule has 1 fully saturated rings. The summed E-state index contributed by atoms with van der Waals surface area (Å²) in [5.41, 5.74) is 6.35. The number of rotatable bonds is 6. The topological polar surface area (TPSA) is 111 Å². The Morgan fingerprint density at radius 3 is 2.52 bits per heavy atom. The fourth-order valence-electron chi connectivity index (χ4n) is 3.27. The van der Waals surface area contributed by atoms with E-state index < -0.39 is 5.97 Å². The molecular formula is C19H21N3O5. The van der Waals surface area contributed by atoms with Gasteiger partial charge in [-0.15, -0.1) is 0 Å². The summed E-state index contributed by atoms with van der Waals surface area (Å²) in [7, 11) is 1.53. The fourth-order valence-corrected chi connectivity index (χ4v) is 3.27. The summed E-state index contributed by atoms with van der Waals surface area (Å²) >= 11 is 0. The lowest BCUT2D eigenvalue weighted by Gasteiger charge is -2.14. The van der Waals surface area contributed by atoms with Gasteiger partial charge in [-0.2, -0.15) is 0 Å². The fraction of sp³-hybridized carbons (Fsp3) is 0.368. The predicted molar refractivity (Wildman–Crippen MR) is 96.5 cm³/mol. The van der Waals surface area contributed by atoms with E-state index in [0.29, 0.717) is 24.2 Å². The Hall–Kier alpha value is -3.16. The summed E-state index contributed by atoms with van der Waals surface area (Å²) in [5.74, 6) is -1.11. The zero-order chi connectivity index (χ0) is 19.4. The van der Waals surface area contributed by atoms with Crippen LogP contribution in [0.3, 0.4) is 0 Å². The average Bonchev–Trinajstić information content (AvgIpc) is 2.95. The molecule has 1 aromatic carbocycles. The average molecular weight is 371 g/mol. The van der Waals surface area contributed by atoms with Crippen LogP contribution >= 0.6 is 0 Å². The number of likely N-dealkylation sites (tertiary alicyclic amines) is 1. The Kier molecular flexibility index (Phi) is 5.54. The van der Waals surface area contributed by atoms with Gasteiger partial charge in [0.25, 0.3) is 0 Å². The standard InChI is InChI=1S/C19H21N3O5/c1-26-13-6-4-5-12(11-13)17(20)21-27-16(23)9-10-22-18(24)14-7-2-3-8-15(14)19(22)25/h2-6,11,14-15H,7-10H2,1H3,(H2,20,21)/t14-,15+. The van der Waals surface area contributed by atoms with Crippen molar-refractivity contribution in [3.63, 3.8) is 0 Å². The first-order chi connectivity index (χ1) is 13.0. The largest absolute Gasteiger partial charge is 0.497 e. The number of hydrogen-bond acceptors (Lipinski definition) is 6. The smallest absolute Gasteiger partial charge is 0.336 e. The van der Waals surface area contributed by atoms with Crippen LogP contribution in [-0.2, 0) is 19.2 Å². The van der Waals surface area contributed by atoms with Crippen molar-refractivity contribution in [2.75, 3.05) is 13.7 Å². The quantitative estimate of drug-likeness (QED) is 0.201. The molecule has 2 N–H and O–H groups in total.